The normalized spacial score (nSPS) is 17.9. The van der Waals surface area contributed by atoms with Crippen LogP contribution in [-0.2, 0) is 9.53 Å². The van der Waals surface area contributed by atoms with Crippen LogP contribution in [0.25, 0.3) is 22.2 Å². The summed E-state index contributed by atoms with van der Waals surface area (Å²) in [4.78, 5) is 12.7. The van der Waals surface area contributed by atoms with Crippen molar-refractivity contribution in [1.29, 1.82) is 0 Å². The fraction of sp³-hybridized carbons (Fsp3) is 0.333. The molecule has 2 heterocycles. The van der Waals surface area contributed by atoms with Gasteiger partial charge in [-0.2, -0.15) is 5.10 Å². The van der Waals surface area contributed by atoms with Crippen molar-refractivity contribution < 1.29 is 9.53 Å². The van der Waals surface area contributed by atoms with Crippen LogP contribution < -0.4 is 5.32 Å². The highest BCUT2D eigenvalue weighted by Gasteiger charge is 2.23. The van der Waals surface area contributed by atoms with Gasteiger partial charge in [-0.05, 0) is 38.0 Å². The second-order valence-corrected chi connectivity index (χ2v) is 7.31. The summed E-state index contributed by atoms with van der Waals surface area (Å²) in [6, 6.07) is 15.1. The molecule has 140 valence electrons. The summed E-state index contributed by atoms with van der Waals surface area (Å²) in [6.07, 6.45) is 2.17. The maximum atomic E-state index is 12.7. The molecule has 1 fully saturated rings. The van der Waals surface area contributed by atoms with E-state index in [9.17, 15) is 4.79 Å². The first kappa shape index (κ1) is 18.0. The van der Waals surface area contributed by atoms with Crippen LogP contribution >= 0.6 is 11.6 Å². The molecule has 2 atom stereocenters. The fourth-order valence-electron chi connectivity index (χ4n) is 3.50. The molecule has 0 radical (unpaired) electrons. The number of carbonyl (C=O) groups excluding carboxylic acids is 1. The minimum absolute atomic E-state index is 0.0653. The number of fused-ring (bicyclic) bond motifs is 1. The van der Waals surface area contributed by atoms with E-state index in [4.69, 9.17) is 21.4 Å². The van der Waals surface area contributed by atoms with Crippen LogP contribution in [0, 0.1) is 0 Å². The number of amides is 1. The zero-order valence-corrected chi connectivity index (χ0v) is 15.9. The molecule has 6 heteroatoms. The number of nitrogens with one attached hydrogen (secondary N) is 1. The highest BCUT2D eigenvalue weighted by Crippen LogP contribution is 2.31. The molecular weight excluding hydrogens is 362 g/mol. The number of ether oxygens (including phenoxy) is 1. The third kappa shape index (κ3) is 3.70. The molecule has 0 bridgehead atoms. The molecule has 3 aromatic rings. The van der Waals surface area contributed by atoms with Gasteiger partial charge in [-0.1, -0.05) is 41.9 Å². The molecular formula is C21H22ClN3O2. The van der Waals surface area contributed by atoms with Crippen molar-refractivity contribution >= 4 is 28.4 Å². The van der Waals surface area contributed by atoms with Crippen LogP contribution in [0.1, 0.15) is 25.8 Å². The average molecular weight is 384 g/mol. The molecule has 2 aromatic carbocycles. The lowest BCUT2D eigenvalue weighted by Gasteiger charge is -2.16. The van der Waals surface area contributed by atoms with Crippen LogP contribution in [0.5, 0.6) is 0 Å². The van der Waals surface area contributed by atoms with E-state index in [2.05, 4.69) is 5.32 Å². The van der Waals surface area contributed by atoms with E-state index in [0.29, 0.717) is 11.6 Å². The van der Waals surface area contributed by atoms with Gasteiger partial charge in [0.1, 0.15) is 11.7 Å². The van der Waals surface area contributed by atoms with E-state index < -0.39 is 6.04 Å². The van der Waals surface area contributed by atoms with Gasteiger partial charge < -0.3 is 10.1 Å². The van der Waals surface area contributed by atoms with Crippen molar-refractivity contribution in [3.05, 3.63) is 53.6 Å². The summed E-state index contributed by atoms with van der Waals surface area (Å²) in [5.74, 6) is -0.0653. The quantitative estimate of drug-likeness (QED) is 0.717. The molecule has 1 saturated heterocycles. The number of hydrogen-bond acceptors (Lipinski definition) is 3. The monoisotopic (exact) mass is 383 g/mol. The number of halogens is 1. The first-order valence-corrected chi connectivity index (χ1v) is 9.64. The summed E-state index contributed by atoms with van der Waals surface area (Å²) in [5.41, 5.74) is 2.71. The Morgan fingerprint density at radius 2 is 2.15 bits per heavy atom. The number of benzene rings is 2. The lowest BCUT2D eigenvalue weighted by Crippen LogP contribution is -2.36. The first-order valence-electron chi connectivity index (χ1n) is 9.26. The van der Waals surface area contributed by atoms with E-state index >= 15 is 0 Å². The number of hydrogen-bond donors (Lipinski definition) is 1. The molecule has 1 aliphatic heterocycles. The van der Waals surface area contributed by atoms with Crippen LogP contribution in [0.2, 0.25) is 5.02 Å². The van der Waals surface area contributed by atoms with E-state index in [1.807, 2.05) is 55.5 Å². The molecule has 2 unspecified atom stereocenters. The van der Waals surface area contributed by atoms with E-state index in [1.165, 1.54) is 0 Å². The largest absolute Gasteiger partial charge is 0.376 e. The summed E-state index contributed by atoms with van der Waals surface area (Å²) in [5, 5.41) is 9.35. The molecule has 5 nitrogen and oxygen atoms in total. The molecule has 1 aliphatic rings. The van der Waals surface area contributed by atoms with Gasteiger partial charge in [-0.25, -0.2) is 0 Å². The highest BCUT2D eigenvalue weighted by atomic mass is 35.5. The van der Waals surface area contributed by atoms with Gasteiger partial charge in [0.2, 0.25) is 5.91 Å². The Morgan fingerprint density at radius 1 is 1.33 bits per heavy atom. The fourth-order valence-corrected chi connectivity index (χ4v) is 3.67. The van der Waals surface area contributed by atoms with Gasteiger partial charge >= 0.3 is 0 Å². The highest BCUT2D eigenvalue weighted by molar-refractivity contribution is 6.31. The van der Waals surface area contributed by atoms with Crippen molar-refractivity contribution in [2.45, 2.75) is 31.9 Å². The van der Waals surface area contributed by atoms with Crippen molar-refractivity contribution in [2.24, 2.45) is 0 Å². The SMILES string of the molecule is CC(C(=O)NCC1CCCO1)n1nc(-c2ccccc2)c2cc(Cl)ccc21. The van der Waals surface area contributed by atoms with E-state index in [-0.39, 0.29) is 12.0 Å². The van der Waals surface area contributed by atoms with Crippen molar-refractivity contribution in [3.8, 4) is 11.3 Å². The maximum absolute atomic E-state index is 12.7. The first-order chi connectivity index (χ1) is 13.1. The molecule has 1 N–H and O–H groups in total. The Labute approximate surface area is 163 Å². The number of carbonyl (C=O) groups is 1. The van der Waals surface area contributed by atoms with Gasteiger partial charge in [-0.3, -0.25) is 9.48 Å². The Hall–Kier alpha value is -2.37. The van der Waals surface area contributed by atoms with Gasteiger partial charge in [0.25, 0.3) is 0 Å². The molecule has 1 aromatic heterocycles. The second-order valence-electron chi connectivity index (χ2n) is 6.88. The third-order valence-electron chi connectivity index (χ3n) is 4.99. The van der Waals surface area contributed by atoms with Crippen LogP contribution in [0.15, 0.2) is 48.5 Å². The van der Waals surface area contributed by atoms with Crippen molar-refractivity contribution in [3.63, 3.8) is 0 Å². The van der Waals surface area contributed by atoms with E-state index in [1.54, 1.807) is 4.68 Å². The minimum Gasteiger partial charge on any atom is -0.376 e. The molecule has 1 amide bonds. The van der Waals surface area contributed by atoms with Crippen LogP contribution in [-0.4, -0.2) is 34.9 Å². The number of aromatic nitrogens is 2. The zero-order valence-electron chi connectivity index (χ0n) is 15.2. The lowest BCUT2D eigenvalue weighted by atomic mass is 10.1. The minimum atomic E-state index is -0.437. The van der Waals surface area contributed by atoms with Crippen LogP contribution in [0.3, 0.4) is 0 Å². The topological polar surface area (TPSA) is 56.1 Å². The number of rotatable bonds is 5. The van der Waals surface area contributed by atoms with E-state index in [0.717, 1.165) is 41.6 Å². The Kier molecular flexibility index (Phi) is 5.14. The number of nitrogens with zero attached hydrogens (tertiary/aromatic N) is 2. The predicted octanol–water partition coefficient (Wildman–Crippen LogP) is 4.21. The smallest absolute Gasteiger partial charge is 0.244 e. The van der Waals surface area contributed by atoms with Crippen molar-refractivity contribution in [2.75, 3.05) is 13.2 Å². The summed E-state index contributed by atoms with van der Waals surface area (Å²) in [6.45, 7) is 3.18. The molecule has 0 spiro atoms. The second kappa shape index (κ2) is 7.71. The van der Waals surface area contributed by atoms with Gasteiger partial charge in [0.05, 0.1) is 11.6 Å². The third-order valence-corrected chi connectivity index (χ3v) is 5.22. The van der Waals surface area contributed by atoms with Crippen molar-refractivity contribution in [1.82, 2.24) is 15.1 Å². The summed E-state index contributed by atoms with van der Waals surface area (Å²) >= 11 is 6.22. The lowest BCUT2D eigenvalue weighted by molar-refractivity contribution is -0.124. The van der Waals surface area contributed by atoms with Gasteiger partial charge in [0, 0.05) is 29.1 Å². The molecule has 27 heavy (non-hydrogen) atoms. The zero-order chi connectivity index (χ0) is 18.8. The maximum Gasteiger partial charge on any atom is 0.244 e. The Morgan fingerprint density at radius 3 is 2.89 bits per heavy atom. The van der Waals surface area contributed by atoms with Crippen LogP contribution in [0.4, 0.5) is 0 Å². The predicted molar refractivity (Wildman–Crippen MR) is 107 cm³/mol. The Bertz CT molecular complexity index is 949. The molecule has 0 saturated carbocycles. The summed E-state index contributed by atoms with van der Waals surface area (Å²) < 4.78 is 7.36. The van der Waals surface area contributed by atoms with Gasteiger partial charge in [0.15, 0.2) is 0 Å². The Balaban J connectivity index is 1.65. The molecule has 0 aliphatic carbocycles. The molecule has 4 rings (SSSR count). The summed E-state index contributed by atoms with van der Waals surface area (Å²) in [7, 11) is 0. The standard InChI is InChI=1S/C21H22ClN3O2/c1-14(21(26)23-13-17-8-5-11-27-17)25-19-10-9-16(22)12-18(19)20(24-25)15-6-3-2-4-7-15/h2-4,6-7,9-10,12,14,17H,5,8,11,13H2,1H3,(H,23,26). The average Bonchev–Trinajstić information content (AvgIpc) is 3.33. The van der Waals surface area contributed by atoms with Gasteiger partial charge in [-0.15, -0.1) is 0 Å².